The highest BCUT2D eigenvalue weighted by Gasteiger charge is 2.02. The molecule has 2 nitrogen and oxygen atoms in total. The van der Waals surface area contributed by atoms with E-state index in [-0.39, 0.29) is 7.43 Å². The average Bonchev–Trinajstić information content (AvgIpc) is 2.11. The van der Waals surface area contributed by atoms with Crippen LogP contribution in [0.5, 0.6) is 0 Å². The van der Waals surface area contributed by atoms with Gasteiger partial charge in [0.15, 0.2) is 0 Å². The maximum absolute atomic E-state index is 5.34. The van der Waals surface area contributed by atoms with Crippen molar-refractivity contribution < 1.29 is 8.37 Å². The van der Waals surface area contributed by atoms with E-state index in [9.17, 15) is 0 Å². The highest BCUT2D eigenvalue weighted by molar-refractivity contribution is 8.73. The molecule has 0 heterocycles. The Morgan fingerprint density at radius 1 is 0.923 bits per heavy atom. The molecule has 0 spiro atoms. The van der Waals surface area contributed by atoms with Gasteiger partial charge in [-0.1, -0.05) is 21.3 Å². The molecule has 0 radical (unpaired) electrons. The summed E-state index contributed by atoms with van der Waals surface area (Å²) >= 11 is 2.65. The second-order valence-electron chi connectivity index (χ2n) is 2.77. The van der Waals surface area contributed by atoms with Crippen molar-refractivity contribution >= 4 is 22.1 Å². The predicted molar refractivity (Wildman–Crippen MR) is 63.6 cm³/mol. The van der Waals surface area contributed by atoms with Gasteiger partial charge in [0.05, 0.1) is 34.4 Å². The van der Waals surface area contributed by atoms with Crippen molar-refractivity contribution in [2.24, 2.45) is 0 Å². The molecule has 0 fully saturated rings. The molecule has 0 aromatic carbocycles. The van der Waals surface area contributed by atoms with Gasteiger partial charge in [0.2, 0.25) is 0 Å². The zero-order valence-electron chi connectivity index (χ0n) is 8.20. The van der Waals surface area contributed by atoms with Crippen LogP contribution in [0.25, 0.3) is 0 Å². The zero-order chi connectivity index (χ0) is 9.40. The number of hydrogen-bond donors (Lipinski definition) is 0. The first-order valence-electron chi connectivity index (χ1n) is 4.36. The molecule has 0 saturated heterocycles. The molecule has 0 bridgehead atoms. The Kier molecular flexibility index (Phi) is 13.2. The fraction of sp³-hybridized carbons (Fsp3) is 1.00. The average molecular weight is 226 g/mol. The van der Waals surface area contributed by atoms with Gasteiger partial charge in [-0.3, -0.25) is 0 Å². The molecule has 0 amide bonds. The largest absolute Gasteiger partial charge is 0.300 e. The molecule has 0 aromatic rings. The molecule has 0 rings (SSSR count). The molecule has 82 valence electrons. The Balaban J connectivity index is 0. The van der Waals surface area contributed by atoms with Crippen LogP contribution < -0.4 is 0 Å². The molecule has 4 heteroatoms. The lowest BCUT2D eigenvalue weighted by Crippen LogP contribution is -2.01. The highest BCUT2D eigenvalue weighted by atomic mass is 33.1. The summed E-state index contributed by atoms with van der Waals surface area (Å²) in [4.78, 5) is 0. The summed E-state index contributed by atoms with van der Waals surface area (Å²) in [5.41, 5.74) is 0. The van der Waals surface area contributed by atoms with Gasteiger partial charge in [0.1, 0.15) is 0 Å². The minimum atomic E-state index is 0. The first-order chi connectivity index (χ1) is 5.70. The number of rotatable bonds is 7. The van der Waals surface area contributed by atoms with Gasteiger partial charge in [-0.15, -0.1) is 0 Å². The van der Waals surface area contributed by atoms with Crippen LogP contribution in [0.1, 0.15) is 48.0 Å². The Labute approximate surface area is 91.0 Å². The van der Waals surface area contributed by atoms with E-state index in [1.165, 1.54) is 22.1 Å². The van der Waals surface area contributed by atoms with Crippen LogP contribution >= 0.6 is 22.1 Å². The van der Waals surface area contributed by atoms with Crippen LogP contribution in [-0.4, -0.2) is 12.2 Å². The Hall–Kier alpha value is 0.620. The minimum absolute atomic E-state index is 0. The fourth-order valence-electron chi connectivity index (χ4n) is 0.302. The molecule has 0 aliphatic rings. The standard InChI is InChI=1S/C8H18O2S2.CH4/c1-5-7(3)9-11-12-10-8(4)6-2;/h7-8H,5-6H2,1-4H3;1H4/t7-,8-;/m0./s1. The van der Waals surface area contributed by atoms with Crippen LogP contribution in [-0.2, 0) is 8.37 Å². The van der Waals surface area contributed by atoms with Gasteiger partial charge in [-0.05, 0) is 26.7 Å². The summed E-state index contributed by atoms with van der Waals surface area (Å²) < 4.78 is 10.7. The summed E-state index contributed by atoms with van der Waals surface area (Å²) in [6, 6.07) is 0. The van der Waals surface area contributed by atoms with Gasteiger partial charge in [0, 0.05) is 0 Å². The lowest BCUT2D eigenvalue weighted by molar-refractivity contribution is 0.253. The molecular weight excluding hydrogens is 204 g/mol. The molecule has 0 aliphatic carbocycles. The summed E-state index contributed by atoms with van der Waals surface area (Å²) in [6.07, 6.45) is 2.69. The zero-order valence-corrected chi connectivity index (χ0v) is 9.83. The Bertz CT molecular complexity index is 89.6. The van der Waals surface area contributed by atoms with E-state index in [1.807, 2.05) is 0 Å². The fourth-order valence-corrected chi connectivity index (χ4v) is 1.90. The van der Waals surface area contributed by atoms with Crippen molar-refractivity contribution in [3.05, 3.63) is 0 Å². The maximum atomic E-state index is 5.34. The minimum Gasteiger partial charge on any atom is -0.300 e. The van der Waals surface area contributed by atoms with Crippen molar-refractivity contribution in [2.45, 2.75) is 60.2 Å². The van der Waals surface area contributed by atoms with Gasteiger partial charge in [0.25, 0.3) is 0 Å². The second kappa shape index (κ2) is 10.7. The maximum Gasteiger partial charge on any atom is 0.0928 e. The van der Waals surface area contributed by atoms with Gasteiger partial charge >= 0.3 is 0 Å². The quantitative estimate of drug-likeness (QED) is 0.362. The van der Waals surface area contributed by atoms with Crippen LogP contribution in [0, 0.1) is 0 Å². The molecule has 0 saturated carbocycles. The van der Waals surface area contributed by atoms with Crippen molar-refractivity contribution in [1.82, 2.24) is 0 Å². The third-order valence-electron chi connectivity index (χ3n) is 1.58. The molecule has 2 atom stereocenters. The van der Waals surface area contributed by atoms with Crippen LogP contribution in [0.4, 0.5) is 0 Å². The van der Waals surface area contributed by atoms with E-state index in [2.05, 4.69) is 27.7 Å². The van der Waals surface area contributed by atoms with E-state index in [0.717, 1.165) is 12.8 Å². The lowest BCUT2D eigenvalue weighted by Gasteiger charge is -2.10. The summed E-state index contributed by atoms with van der Waals surface area (Å²) in [6.45, 7) is 8.31. The van der Waals surface area contributed by atoms with E-state index < -0.39 is 0 Å². The van der Waals surface area contributed by atoms with Crippen molar-refractivity contribution in [3.8, 4) is 0 Å². The van der Waals surface area contributed by atoms with Gasteiger partial charge in [-0.25, -0.2) is 0 Å². The molecule has 0 aliphatic heterocycles. The van der Waals surface area contributed by atoms with E-state index in [0.29, 0.717) is 12.2 Å². The van der Waals surface area contributed by atoms with Crippen molar-refractivity contribution in [3.63, 3.8) is 0 Å². The molecule has 13 heavy (non-hydrogen) atoms. The van der Waals surface area contributed by atoms with Crippen molar-refractivity contribution in [2.75, 3.05) is 0 Å². The van der Waals surface area contributed by atoms with Crippen LogP contribution in [0.3, 0.4) is 0 Å². The lowest BCUT2D eigenvalue weighted by atomic mass is 10.3. The second-order valence-corrected chi connectivity index (χ2v) is 4.24. The first kappa shape index (κ1) is 16.1. The molecule has 0 N–H and O–H groups in total. The first-order valence-corrected chi connectivity index (χ1v) is 6.36. The highest BCUT2D eigenvalue weighted by Crippen LogP contribution is 2.27. The van der Waals surface area contributed by atoms with Gasteiger partial charge < -0.3 is 8.37 Å². The summed E-state index contributed by atoms with van der Waals surface area (Å²) in [5.74, 6) is 0. The Morgan fingerprint density at radius 3 is 1.46 bits per heavy atom. The predicted octanol–water partition coefficient (Wildman–Crippen LogP) is 4.46. The molecular formula is C9H22O2S2. The molecule has 0 aromatic heterocycles. The van der Waals surface area contributed by atoms with Gasteiger partial charge in [-0.2, -0.15) is 0 Å². The summed E-state index contributed by atoms with van der Waals surface area (Å²) in [5, 5.41) is 0. The van der Waals surface area contributed by atoms with E-state index in [4.69, 9.17) is 8.37 Å². The van der Waals surface area contributed by atoms with Crippen LogP contribution in [0.2, 0.25) is 0 Å². The number of hydrogen-bond acceptors (Lipinski definition) is 4. The third-order valence-corrected chi connectivity index (χ3v) is 3.09. The topological polar surface area (TPSA) is 18.5 Å². The van der Waals surface area contributed by atoms with Crippen LogP contribution in [0.15, 0.2) is 0 Å². The monoisotopic (exact) mass is 226 g/mol. The third kappa shape index (κ3) is 10.5. The Morgan fingerprint density at radius 2 is 1.23 bits per heavy atom. The smallest absolute Gasteiger partial charge is 0.0928 e. The SMILES string of the molecule is C.CC[C@H](C)OSSO[C@@H](C)CC. The van der Waals surface area contributed by atoms with Crippen molar-refractivity contribution in [1.29, 1.82) is 0 Å². The van der Waals surface area contributed by atoms with E-state index >= 15 is 0 Å². The summed E-state index contributed by atoms with van der Waals surface area (Å²) in [7, 11) is 0. The normalized spacial score (nSPS) is 14.8. The van der Waals surface area contributed by atoms with E-state index in [1.54, 1.807) is 0 Å². The molecule has 0 unspecified atom stereocenters.